The molecule has 9 heteroatoms. The van der Waals surface area contributed by atoms with Crippen LogP contribution in [-0.4, -0.2) is 33.8 Å². The molecule has 42 heavy (non-hydrogen) atoms. The highest BCUT2D eigenvalue weighted by atomic mass is 35.5. The van der Waals surface area contributed by atoms with E-state index in [1.165, 1.54) is 13.3 Å². The summed E-state index contributed by atoms with van der Waals surface area (Å²) in [7, 11) is 1.35. The van der Waals surface area contributed by atoms with E-state index in [0.717, 1.165) is 26.8 Å². The first-order valence-electron chi connectivity index (χ1n) is 12.8. The Hall–Kier alpha value is -4.85. The van der Waals surface area contributed by atoms with E-state index in [9.17, 15) is 14.7 Å². The van der Waals surface area contributed by atoms with Gasteiger partial charge < -0.3 is 14.6 Å². The lowest BCUT2D eigenvalue weighted by molar-refractivity contribution is 0.0600. The van der Waals surface area contributed by atoms with Crippen molar-refractivity contribution in [3.8, 4) is 28.1 Å². The molecule has 0 saturated heterocycles. The summed E-state index contributed by atoms with van der Waals surface area (Å²) in [4.78, 5) is 27.9. The molecule has 0 aliphatic heterocycles. The molecule has 1 heterocycles. The van der Waals surface area contributed by atoms with Crippen LogP contribution in [0.3, 0.4) is 0 Å². The lowest BCUT2D eigenvalue weighted by atomic mass is 10.0. The van der Waals surface area contributed by atoms with Crippen molar-refractivity contribution >= 4 is 47.4 Å². The predicted molar refractivity (Wildman–Crippen MR) is 164 cm³/mol. The minimum Gasteiger partial charge on any atom is -0.489 e. The fourth-order valence-electron chi connectivity index (χ4n) is 4.25. The van der Waals surface area contributed by atoms with E-state index < -0.39 is 6.09 Å². The monoisotopic (exact) mass is 598 g/mol. The molecule has 4 aromatic carbocycles. The van der Waals surface area contributed by atoms with E-state index in [4.69, 9.17) is 32.7 Å². The first-order valence-corrected chi connectivity index (χ1v) is 13.5. The third-order valence-electron chi connectivity index (χ3n) is 6.43. The van der Waals surface area contributed by atoms with E-state index in [1.807, 2.05) is 66.7 Å². The van der Waals surface area contributed by atoms with Crippen LogP contribution in [0, 0.1) is 0 Å². The van der Waals surface area contributed by atoms with Gasteiger partial charge in [-0.15, -0.1) is 0 Å². The SMILES string of the molecule is COC(=O)c1ccc(COc2ccc(-c3cccc(/C=C/c4nc(-c5ccc(Cl)cc5Cl)cn4C(=O)O)c3)cc2)cc1. The largest absolute Gasteiger partial charge is 0.489 e. The highest BCUT2D eigenvalue weighted by molar-refractivity contribution is 6.36. The number of aromatic nitrogens is 2. The zero-order valence-electron chi connectivity index (χ0n) is 22.3. The van der Waals surface area contributed by atoms with Gasteiger partial charge in [0.15, 0.2) is 0 Å². The minimum atomic E-state index is -1.16. The number of benzene rings is 4. The van der Waals surface area contributed by atoms with E-state index in [1.54, 1.807) is 36.4 Å². The quantitative estimate of drug-likeness (QED) is 0.180. The molecule has 0 bridgehead atoms. The lowest BCUT2D eigenvalue weighted by Gasteiger charge is -2.09. The Bertz CT molecular complexity index is 1780. The molecule has 5 aromatic rings. The van der Waals surface area contributed by atoms with E-state index in [-0.39, 0.29) is 11.8 Å². The number of hydrogen-bond donors (Lipinski definition) is 1. The molecule has 0 radical (unpaired) electrons. The number of rotatable bonds is 8. The molecule has 0 atom stereocenters. The van der Waals surface area contributed by atoms with Gasteiger partial charge in [0.1, 0.15) is 18.2 Å². The maximum absolute atomic E-state index is 11.9. The number of carboxylic acid groups (broad SMARTS) is 1. The van der Waals surface area contributed by atoms with E-state index >= 15 is 0 Å². The molecule has 0 fully saturated rings. The number of hydrogen-bond acceptors (Lipinski definition) is 5. The molecule has 210 valence electrons. The van der Waals surface area contributed by atoms with Crippen molar-refractivity contribution in [3.63, 3.8) is 0 Å². The fourth-order valence-corrected chi connectivity index (χ4v) is 4.76. The van der Waals surface area contributed by atoms with Crippen LogP contribution in [0.15, 0.2) is 97.2 Å². The number of carbonyl (C=O) groups excluding carboxylic acids is 1. The van der Waals surface area contributed by atoms with Gasteiger partial charge in [-0.3, -0.25) is 0 Å². The number of halogens is 2. The number of nitrogens with zero attached hydrogens (tertiary/aromatic N) is 2. The second-order valence-corrected chi connectivity index (χ2v) is 10.1. The second-order valence-electron chi connectivity index (χ2n) is 9.22. The average Bonchev–Trinajstić information content (AvgIpc) is 3.43. The van der Waals surface area contributed by atoms with Gasteiger partial charge in [-0.1, -0.05) is 71.7 Å². The molecule has 0 saturated carbocycles. The summed E-state index contributed by atoms with van der Waals surface area (Å²) in [6, 6.07) is 27.6. The van der Waals surface area contributed by atoms with Gasteiger partial charge in [0, 0.05) is 16.8 Å². The van der Waals surface area contributed by atoms with Crippen LogP contribution in [-0.2, 0) is 11.3 Å². The summed E-state index contributed by atoms with van der Waals surface area (Å²) in [5.41, 5.74) is 5.27. The molecular formula is C33H24Cl2N2O5. The molecule has 0 spiro atoms. The number of carbonyl (C=O) groups is 2. The molecule has 0 aliphatic carbocycles. The summed E-state index contributed by atoms with van der Waals surface area (Å²) in [5, 5.41) is 10.6. The Labute approximate surface area is 252 Å². The Morgan fingerprint density at radius 1 is 0.905 bits per heavy atom. The van der Waals surface area contributed by atoms with Crippen molar-refractivity contribution in [1.29, 1.82) is 0 Å². The van der Waals surface area contributed by atoms with Gasteiger partial charge in [-0.2, -0.15) is 0 Å². The van der Waals surface area contributed by atoms with Crippen molar-refractivity contribution in [2.45, 2.75) is 6.61 Å². The topological polar surface area (TPSA) is 90.7 Å². The molecule has 5 rings (SSSR count). The van der Waals surface area contributed by atoms with Crippen LogP contribution in [0.5, 0.6) is 5.75 Å². The highest BCUT2D eigenvalue weighted by Crippen LogP contribution is 2.30. The summed E-state index contributed by atoms with van der Waals surface area (Å²) in [5.74, 6) is 0.581. The third-order valence-corrected chi connectivity index (χ3v) is 6.97. The van der Waals surface area contributed by atoms with Crippen LogP contribution in [0.1, 0.15) is 27.3 Å². The highest BCUT2D eigenvalue weighted by Gasteiger charge is 2.15. The van der Waals surface area contributed by atoms with Crippen LogP contribution < -0.4 is 4.74 Å². The first kappa shape index (κ1) is 28.7. The van der Waals surface area contributed by atoms with Crippen LogP contribution in [0.2, 0.25) is 10.0 Å². The maximum atomic E-state index is 11.9. The smallest absolute Gasteiger partial charge is 0.417 e. The standard InChI is InChI=1S/C33H24Cl2N2O5/c1-41-32(38)24-8-5-22(6-9-24)20-42-27-13-10-23(11-14-27)25-4-2-3-21(17-25)7-16-31-36-30(19-37(31)33(39)40)28-15-12-26(34)18-29(28)35/h2-19H,20H2,1H3,(H,39,40)/b16-7+. The van der Waals surface area contributed by atoms with Gasteiger partial charge in [0.2, 0.25) is 0 Å². The second kappa shape index (κ2) is 12.8. The summed E-state index contributed by atoms with van der Waals surface area (Å²) >= 11 is 12.3. The van der Waals surface area contributed by atoms with Crippen molar-refractivity contribution in [1.82, 2.24) is 9.55 Å². The van der Waals surface area contributed by atoms with E-state index in [0.29, 0.717) is 39.2 Å². The van der Waals surface area contributed by atoms with Crippen LogP contribution in [0.25, 0.3) is 34.5 Å². The van der Waals surface area contributed by atoms with Gasteiger partial charge in [0.05, 0.1) is 23.4 Å². The number of methoxy groups -OCH3 is 1. The van der Waals surface area contributed by atoms with E-state index in [2.05, 4.69) is 4.98 Å². The minimum absolute atomic E-state index is 0.246. The summed E-state index contributed by atoms with van der Waals surface area (Å²) in [6.45, 7) is 0.360. The zero-order chi connectivity index (χ0) is 29.6. The summed E-state index contributed by atoms with van der Waals surface area (Å²) < 4.78 is 11.7. The molecule has 0 unspecified atom stereocenters. The predicted octanol–water partition coefficient (Wildman–Crippen LogP) is 8.59. The third kappa shape index (κ3) is 6.71. The number of ether oxygens (including phenoxy) is 2. The first-order chi connectivity index (χ1) is 20.3. The zero-order valence-corrected chi connectivity index (χ0v) is 23.8. The molecule has 1 aromatic heterocycles. The van der Waals surface area contributed by atoms with Crippen LogP contribution in [0.4, 0.5) is 4.79 Å². The average molecular weight is 599 g/mol. The van der Waals surface area contributed by atoms with Crippen molar-refractivity contribution < 1.29 is 24.2 Å². The molecule has 1 N–H and O–H groups in total. The number of imidazole rings is 1. The van der Waals surface area contributed by atoms with Crippen molar-refractivity contribution in [3.05, 3.63) is 130 Å². The van der Waals surface area contributed by atoms with Gasteiger partial charge in [0.25, 0.3) is 0 Å². The normalized spacial score (nSPS) is 11.0. The Kier molecular flexibility index (Phi) is 8.71. The molecular weight excluding hydrogens is 575 g/mol. The molecule has 7 nitrogen and oxygen atoms in total. The Balaban J connectivity index is 1.29. The van der Waals surface area contributed by atoms with Gasteiger partial charge in [-0.05, 0) is 76.9 Å². The summed E-state index contributed by atoms with van der Waals surface area (Å²) in [6.07, 6.45) is 3.72. The van der Waals surface area contributed by atoms with Crippen molar-refractivity contribution in [2.75, 3.05) is 7.11 Å². The maximum Gasteiger partial charge on any atom is 0.417 e. The van der Waals surface area contributed by atoms with Crippen LogP contribution >= 0.6 is 23.2 Å². The Morgan fingerprint density at radius 2 is 1.67 bits per heavy atom. The molecule has 0 aliphatic rings. The number of esters is 1. The Morgan fingerprint density at radius 3 is 2.36 bits per heavy atom. The fraction of sp³-hybridized carbons (Fsp3) is 0.0606. The van der Waals surface area contributed by atoms with Gasteiger partial charge >= 0.3 is 12.1 Å². The van der Waals surface area contributed by atoms with Crippen molar-refractivity contribution in [2.24, 2.45) is 0 Å². The molecule has 0 amide bonds. The lowest BCUT2D eigenvalue weighted by Crippen LogP contribution is -2.08. The van der Waals surface area contributed by atoms with Gasteiger partial charge in [-0.25, -0.2) is 19.1 Å².